The van der Waals surface area contributed by atoms with Crippen LogP contribution in [0.5, 0.6) is 5.75 Å². The van der Waals surface area contributed by atoms with Gasteiger partial charge in [0.15, 0.2) is 0 Å². The number of nitrogens with two attached hydrogens (primary N) is 1. The predicted octanol–water partition coefficient (Wildman–Crippen LogP) is 4.29. The zero-order valence-corrected chi connectivity index (χ0v) is 15.6. The number of anilines is 1. The fraction of sp³-hybridized carbons (Fsp3) is 0.350. The van der Waals surface area contributed by atoms with Gasteiger partial charge in [-0.3, -0.25) is 4.79 Å². The van der Waals surface area contributed by atoms with Gasteiger partial charge in [-0.15, -0.1) is 12.4 Å². The molecular weight excluding hydrogens is 336 g/mol. The van der Waals surface area contributed by atoms with Crippen molar-refractivity contribution < 1.29 is 9.53 Å². The molecule has 0 aliphatic rings. The molecule has 1 amide bonds. The molecule has 0 aromatic heterocycles. The van der Waals surface area contributed by atoms with Crippen molar-refractivity contribution in [3.8, 4) is 5.75 Å². The van der Waals surface area contributed by atoms with E-state index >= 15 is 0 Å². The van der Waals surface area contributed by atoms with Crippen molar-refractivity contribution in [3.05, 3.63) is 59.7 Å². The van der Waals surface area contributed by atoms with Gasteiger partial charge in [0, 0.05) is 17.7 Å². The van der Waals surface area contributed by atoms with Crippen molar-refractivity contribution in [2.75, 3.05) is 12.3 Å². The van der Waals surface area contributed by atoms with Crippen molar-refractivity contribution in [2.45, 2.75) is 39.2 Å². The van der Waals surface area contributed by atoms with E-state index in [1.54, 1.807) is 0 Å². The average Bonchev–Trinajstić information content (AvgIpc) is 2.60. The highest BCUT2D eigenvalue weighted by Gasteiger charge is 2.16. The summed E-state index contributed by atoms with van der Waals surface area (Å²) in [4.78, 5) is 12.3. The Morgan fingerprint density at radius 3 is 2.48 bits per heavy atom. The molecule has 2 rings (SSSR count). The lowest BCUT2D eigenvalue weighted by Crippen LogP contribution is -2.28. The third-order valence-corrected chi connectivity index (χ3v) is 4.01. The lowest BCUT2D eigenvalue weighted by atomic mass is 10.0. The topological polar surface area (TPSA) is 64.3 Å². The summed E-state index contributed by atoms with van der Waals surface area (Å²) in [5.41, 5.74) is 8.70. The smallest absolute Gasteiger partial charge is 0.220 e. The van der Waals surface area contributed by atoms with Crippen LogP contribution >= 0.6 is 12.4 Å². The number of aryl methyl sites for hydroxylation is 1. The van der Waals surface area contributed by atoms with Crippen LogP contribution in [0.25, 0.3) is 0 Å². The predicted molar refractivity (Wildman–Crippen MR) is 105 cm³/mol. The minimum Gasteiger partial charge on any atom is -0.494 e. The van der Waals surface area contributed by atoms with Crippen LogP contribution in [0.1, 0.15) is 43.9 Å². The molecule has 0 radical (unpaired) electrons. The maximum Gasteiger partial charge on any atom is 0.220 e. The van der Waals surface area contributed by atoms with Gasteiger partial charge < -0.3 is 15.8 Å². The highest BCUT2D eigenvalue weighted by atomic mass is 35.5. The monoisotopic (exact) mass is 362 g/mol. The van der Waals surface area contributed by atoms with E-state index in [1.807, 2.05) is 55.5 Å². The molecule has 0 saturated heterocycles. The second-order valence-electron chi connectivity index (χ2n) is 5.70. The minimum absolute atomic E-state index is 0. The Balaban J connectivity index is 0.00000312. The quantitative estimate of drug-likeness (QED) is 0.688. The molecule has 2 aromatic rings. The Morgan fingerprint density at radius 1 is 1.12 bits per heavy atom. The second kappa shape index (κ2) is 10.6. The molecule has 0 fully saturated rings. The summed E-state index contributed by atoms with van der Waals surface area (Å²) in [5.74, 6) is 0.857. The number of hydrogen-bond donors (Lipinski definition) is 2. The maximum absolute atomic E-state index is 12.3. The van der Waals surface area contributed by atoms with Crippen molar-refractivity contribution in [1.29, 1.82) is 0 Å². The molecule has 136 valence electrons. The molecule has 0 aliphatic carbocycles. The lowest BCUT2D eigenvalue weighted by Gasteiger charge is -2.20. The van der Waals surface area contributed by atoms with Crippen LogP contribution < -0.4 is 15.8 Å². The summed E-state index contributed by atoms with van der Waals surface area (Å²) in [7, 11) is 0. The van der Waals surface area contributed by atoms with E-state index in [0.717, 1.165) is 29.0 Å². The first-order valence-electron chi connectivity index (χ1n) is 8.50. The number of benzene rings is 2. The fourth-order valence-electron chi connectivity index (χ4n) is 2.73. The van der Waals surface area contributed by atoms with E-state index in [0.29, 0.717) is 19.4 Å². The van der Waals surface area contributed by atoms with Crippen molar-refractivity contribution >= 4 is 24.0 Å². The fourth-order valence-corrected chi connectivity index (χ4v) is 2.73. The number of para-hydroxylation sites is 2. The van der Waals surface area contributed by atoms with Gasteiger partial charge in [-0.1, -0.05) is 43.3 Å². The van der Waals surface area contributed by atoms with Gasteiger partial charge in [0.25, 0.3) is 0 Å². The molecule has 25 heavy (non-hydrogen) atoms. The summed E-state index contributed by atoms with van der Waals surface area (Å²) < 4.78 is 5.68. The van der Waals surface area contributed by atoms with Crippen molar-refractivity contribution in [3.63, 3.8) is 0 Å². The van der Waals surface area contributed by atoms with Crippen LogP contribution in [-0.4, -0.2) is 12.5 Å². The maximum atomic E-state index is 12.3. The van der Waals surface area contributed by atoms with Crippen LogP contribution in [0.4, 0.5) is 5.69 Å². The van der Waals surface area contributed by atoms with Crippen LogP contribution in [0, 0.1) is 0 Å². The van der Waals surface area contributed by atoms with Gasteiger partial charge >= 0.3 is 0 Å². The highest BCUT2D eigenvalue weighted by Crippen LogP contribution is 2.27. The normalized spacial score (nSPS) is 11.3. The van der Waals surface area contributed by atoms with Crippen LogP contribution in [0.15, 0.2) is 48.5 Å². The number of amides is 1. The number of ether oxygens (including phenoxy) is 1. The number of rotatable bonds is 8. The lowest BCUT2D eigenvalue weighted by molar-refractivity contribution is -0.121. The molecule has 1 unspecified atom stereocenters. The molecule has 0 aliphatic heterocycles. The molecule has 3 N–H and O–H groups in total. The summed E-state index contributed by atoms with van der Waals surface area (Å²) >= 11 is 0. The van der Waals surface area contributed by atoms with E-state index < -0.39 is 0 Å². The summed E-state index contributed by atoms with van der Waals surface area (Å²) in [5, 5.41) is 3.11. The van der Waals surface area contributed by atoms with Crippen LogP contribution in [-0.2, 0) is 11.2 Å². The van der Waals surface area contributed by atoms with Crippen molar-refractivity contribution in [2.24, 2.45) is 0 Å². The third-order valence-electron chi connectivity index (χ3n) is 4.01. The molecule has 1 atom stereocenters. The van der Waals surface area contributed by atoms with E-state index in [2.05, 4.69) is 12.2 Å². The Kier molecular flexibility index (Phi) is 8.86. The van der Waals surface area contributed by atoms with Gasteiger partial charge in [0.1, 0.15) is 5.75 Å². The van der Waals surface area contributed by atoms with Gasteiger partial charge in [0.05, 0.1) is 12.6 Å². The number of nitrogens with one attached hydrogen (secondary N) is 1. The van der Waals surface area contributed by atoms with E-state index in [9.17, 15) is 4.79 Å². The second-order valence-corrected chi connectivity index (χ2v) is 5.70. The Hall–Kier alpha value is -2.20. The first kappa shape index (κ1) is 20.8. The third kappa shape index (κ3) is 5.98. The first-order chi connectivity index (χ1) is 11.7. The Labute approximate surface area is 156 Å². The molecular formula is C20H27ClN2O2. The van der Waals surface area contributed by atoms with Gasteiger partial charge in [-0.25, -0.2) is 0 Å². The SMILES string of the molecule is CCOc1ccccc1C(CC)NC(=O)CCc1ccccc1N.Cl. The molecule has 2 aromatic carbocycles. The summed E-state index contributed by atoms with van der Waals surface area (Å²) in [6.45, 7) is 4.62. The largest absolute Gasteiger partial charge is 0.494 e. The van der Waals surface area contributed by atoms with Gasteiger partial charge in [0.2, 0.25) is 5.91 Å². The molecule has 4 nitrogen and oxygen atoms in total. The highest BCUT2D eigenvalue weighted by molar-refractivity contribution is 5.85. The number of hydrogen-bond acceptors (Lipinski definition) is 3. The average molecular weight is 363 g/mol. The Bertz CT molecular complexity index is 676. The molecule has 0 heterocycles. The minimum atomic E-state index is -0.0478. The van der Waals surface area contributed by atoms with E-state index in [1.165, 1.54) is 0 Å². The number of nitrogen functional groups attached to an aromatic ring is 1. The standard InChI is InChI=1S/C20H26N2O2.ClH/c1-3-18(16-10-6-8-12-19(16)24-4-2)22-20(23)14-13-15-9-5-7-11-17(15)21;/h5-12,18H,3-4,13-14,21H2,1-2H3,(H,22,23);1H. The molecule has 0 saturated carbocycles. The first-order valence-corrected chi connectivity index (χ1v) is 8.50. The van der Waals surface area contributed by atoms with Gasteiger partial charge in [-0.2, -0.15) is 0 Å². The van der Waals surface area contributed by atoms with E-state index in [-0.39, 0.29) is 24.4 Å². The number of carbonyl (C=O) groups excluding carboxylic acids is 1. The number of carbonyl (C=O) groups is 1. The summed E-state index contributed by atoms with van der Waals surface area (Å²) in [6, 6.07) is 15.5. The molecule has 0 spiro atoms. The zero-order chi connectivity index (χ0) is 17.4. The Morgan fingerprint density at radius 2 is 1.80 bits per heavy atom. The van der Waals surface area contributed by atoms with Crippen LogP contribution in [0.3, 0.4) is 0 Å². The van der Waals surface area contributed by atoms with Crippen LogP contribution in [0.2, 0.25) is 0 Å². The zero-order valence-electron chi connectivity index (χ0n) is 14.8. The number of halogens is 1. The van der Waals surface area contributed by atoms with E-state index in [4.69, 9.17) is 10.5 Å². The molecule has 0 bridgehead atoms. The summed E-state index contributed by atoms with van der Waals surface area (Å²) in [6.07, 6.45) is 1.87. The van der Waals surface area contributed by atoms with Gasteiger partial charge in [-0.05, 0) is 37.5 Å². The van der Waals surface area contributed by atoms with Crippen molar-refractivity contribution in [1.82, 2.24) is 5.32 Å². The molecule has 5 heteroatoms.